The molecule has 0 radical (unpaired) electrons. The molecule has 1 N–H and O–H groups in total. The van der Waals surface area contributed by atoms with E-state index in [1.54, 1.807) is 24.3 Å². The van der Waals surface area contributed by atoms with Crippen molar-refractivity contribution >= 4 is 11.9 Å². The third kappa shape index (κ3) is 4.30. The predicted octanol–water partition coefficient (Wildman–Crippen LogP) is 3.41. The van der Waals surface area contributed by atoms with Crippen molar-refractivity contribution in [3.8, 4) is 5.75 Å². The summed E-state index contributed by atoms with van der Waals surface area (Å²) in [5, 5.41) is 9.48. The van der Waals surface area contributed by atoms with Crippen LogP contribution in [0.2, 0.25) is 0 Å². The van der Waals surface area contributed by atoms with E-state index in [9.17, 15) is 9.90 Å². The lowest BCUT2D eigenvalue weighted by Gasteiger charge is -2.00. The number of carbonyl (C=O) groups is 1. The minimum atomic E-state index is 0.108. The molecule has 1 aromatic rings. The number of hydrogen-bond donors (Lipinski definition) is 1. The molecule has 0 bridgehead atoms. The monoisotopic (exact) mass is 218 g/mol. The van der Waals surface area contributed by atoms with Crippen molar-refractivity contribution in [2.45, 2.75) is 26.7 Å². The number of carbonyl (C=O) groups excluding carboxylic acids is 1. The number of hydrogen-bond acceptors (Lipinski definition) is 2. The maximum atomic E-state index is 11.5. The van der Waals surface area contributed by atoms with Gasteiger partial charge in [-0.2, -0.15) is 0 Å². The first-order valence-corrected chi connectivity index (χ1v) is 5.58. The van der Waals surface area contributed by atoms with Crippen molar-refractivity contribution in [2.75, 3.05) is 0 Å². The second-order valence-electron chi connectivity index (χ2n) is 4.29. The lowest BCUT2D eigenvalue weighted by atomic mass is 10.1. The van der Waals surface area contributed by atoms with Crippen LogP contribution in [0.25, 0.3) is 6.08 Å². The third-order valence-corrected chi connectivity index (χ3v) is 2.35. The van der Waals surface area contributed by atoms with Crippen LogP contribution < -0.4 is 0 Å². The molecule has 1 aromatic carbocycles. The number of rotatable bonds is 5. The van der Waals surface area contributed by atoms with E-state index in [0.717, 1.165) is 6.42 Å². The molecule has 0 aromatic heterocycles. The van der Waals surface area contributed by atoms with Gasteiger partial charge in [-0.15, -0.1) is 0 Å². The standard InChI is InChI=1S/C14H18O2/c1-11(2)7-9-13(15)10-8-12-5-3-4-6-14(12)16/h3-6,8,10-11,16H,7,9H2,1-2H3/b10-8+. The van der Waals surface area contributed by atoms with Crippen molar-refractivity contribution in [2.24, 2.45) is 5.92 Å². The number of phenols is 1. The Morgan fingerprint density at radius 3 is 2.69 bits per heavy atom. The fourth-order valence-corrected chi connectivity index (χ4v) is 1.33. The van der Waals surface area contributed by atoms with Gasteiger partial charge in [-0.25, -0.2) is 0 Å². The number of aromatic hydroxyl groups is 1. The first kappa shape index (κ1) is 12.5. The number of para-hydroxylation sites is 1. The van der Waals surface area contributed by atoms with E-state index in [4.69, 9.17) is 0 Å². The summed E-state index contributed by atoms with van der Waals surface area (Å²) in [4.78, 5) is 11.5. The fraction of sp³-hybridized carbons (Fsp3) is 0.357. The summed E-state index contributed by atoms with van der Waals surface area (Å²) in [6, 6.07) is 6.98. The van der Waals surface area contributed by atoms with Crippen LogP contribution in [0.4, 0.5) is 0 Å². The molecule has 0 spiro atoms. The van der Waals surface area contributed by atoms with Gasteiger partial charge < -0.3 is 5.11 Å². The number of allylic oxidation sites excluding steroid dienone is 1. The minimum absolute atomic E-state index is 0.108. The van der Waals surface area contributed by atoms with Gasteiger partial charge in [0, 0.05) is 12.0 Å². The Labute approximate surface area is 96.6 Å². The molecule has 0 atom stereocenters. The first-order chi connectivity index (χ1) is 7.59. The SMILES string of the molecule is CC(C)CCC(=O)/C=C/c1ccccc1O. The lowest BCUT2D eigenvalue weighted by molar-refractivity contribution is -0.114. The summed E-state index contributed by atoms with van der Waals surface area (Å²) in [6.45, 7) is 4.19. The molecular formula is C14H18O2. The second-order valence-corrected chi connectivity index (χ2v) is 4.29. The summed E-state index contributed by atoms with van der Waals surface area (Å²) in [6.07, 6.45) is 4.68. The highest BCUT2D eigenvalue weighted by atomic mass is 16.3. The fourth-order valence-electron chi connectivity index (χ4n) is 1.33. The van der Waals surface area contributed by atoms with E-state index in [1.165, 1.54) is 6.08 Å². The van der Waals surface area contributed by atoms with Gasteiger partial charge in [-0.05, 0) is 30.6 Å². The zero-order valence-electron chi connectivity index (χ0n) is 9.81. The molecule has 0 aliphatic rings. The molecule has 0 aliphatic carbocycles. The average molecular weight is 218 g/mol. The average Bonchev–Trinajstić information content (AvgIpc) is 2.25. The van der Waals surface area contributed by atoms with Crippen molar-refractivity contribution in [1.29, 1.82) is 0 Å². The third-order valence-electron chi connectivity index (χ3n) is 2.35. The van der Waals surface area contributed by atoms with Gasteiger partial charge in [0.05, 0.1) is 0 Å². The molecule has 0 saturated carbocycles. The van der Waals surface area contributed by atoms with Gasteiger partial charge in [-0.3, -0.25) is 4.79 Å². The van der Waals surface area contributed by atoms with Crippen molar-refractivity contribution in [1.82, 2.24) is 0 Å². The highest BCUT2D eigenvalue weighted by Gasteiger charge is 2.00. The summed E-state index contributed by atoms with van der Waals surface area (Å²) >= 11 is 0. The van der Waals surface area contributed by atoms with E-state index in [1.807, 2.05) is 6.07 Å². The van der Waals surface area contributed by atoms with Gasteiger partial charge in [0.15, 0.2) is 5.78 Å². The van der Waals surface area contributed by atoms with E-state index < -0.39 is 0 Å². The van der Waals surface area contributed by atoms with E-state index >= 15 is 0 Å². The molecule has 2 nitrogen and oxygen atoms in total. The van der Waals surface area contributed by atoms with Gasteiger partial charge in [0.25, 0.3) is 0 Å². The smallest absolute Gasteiger partial charge is 0.155 e. The molecule has 86 valence electrons. The van der Waals surface area contributed by atoms with Gasteiger partial charge in [-0.1, -0.05) is 32.0 Å². The molecule has 2 heteroatoms. The molecule has 0 amide bonds. The largest absolute Gasteiger partial charge is 0.507 e. The van der Waals surface area contributed by atoms with E-state index in [-0.39, 0.29) is 11.5 Å². The Bertz CT molecular complexity index is 378. The Morgan fingerprint density at radius 2 is 2.06 bits per heavy atom. The summed E-state index contributed by atoms with van der Waals surface area (Å²) in [5.41, 5.74) is 0.681. The Kier molecular flexibility index (Phi) is 4.77. The normalized spacial score (nSPS) is 11.2. The molecule has 0 heterocycles. The number of ketones is 1. The lowest BCUT2D eigenvalue weighted by Crippen LogP contribution is -1.96. The molecule has 16 heavy (non-hydrogen) atoms. The Morgan fingerprint density at radius 1 is 1.38 bits per heavy atom. The topological polar surface area (TPSA) is 37.3 Å². The summed E-state index contributed by atoms with van der Waals surface area (Å²) in [7, 11) is 0. The zero-order chi connectivity index (χ0) is 12.0. The van der Waals surface area contributed by atoms with Crippen LogP contribution in [0.1, 0.15) is 32.3 Å². The molecule has 0 fully saturated rings. The Hall–Kier alpha value is -1.57. The van der Waals surface area contributed by atoms with Crippen LogP contribution in [0, 0.1) is 5.92 Å². The van der Waals surface area contributed by atoms with Crippen LogP contribution in [0.3, 0.4) is 0 Å². The molecular weight excluding hydrogens is 200 g/mol. The highest BCUT2D eigenvalue weighted by molar-refractivity contribution is 5.93. The van der Waals surface area contributed by atoms with Crippen LogP contribution >= 0.6 is 0 Å². The number of phenolic OH excluding ortho intramolecular Hbond substituents is 1. The molecule has 0 saturated heterocycles. The highest BCUT2D eigenvalue weighted by Crippen LogP contribution is 2.17. The maximum Gasteiger partial charge on any atom is 0.155 e. The predicted molar refractivity (Wildman–Crippen MR) is 66.2 cm³/mol. The van der Waals surface area contributed by atoms with Gasteiger partial charge in [0.2, 0.25) is 0 Å². The Balaban J connectivity index is 2.54. The minimum Gasteiger partial charge on any atom is -0.507 e. The van der Waals surface area contributed by atoms with Crippen molar-refractivity contribution in [3.05, 3.63) is 35.9 Å². The molecule has 1 rings (SSSR count). The summed E-state index contributed by atoms with van der Waals surface area (Å²) in [5.74, 6) is 0.856. The van der Waals surface area contributed by atoms with Crippen molar-refractivity contribution in [3.63, 3.8) is 0 Å². The van der Waals surface area contributed by atoms with Crippen molar-refractivity contribution < 1.29 is 9.90 Å². The quantitative estimate of drug-likeness (QED) is 0.769. The van der Waals surface area contributed by atoms with Crippen LogP contribution in [-0.2, 0) is 4.79 Å². The van der Waals surface area contributed by atoms with Crippen LogP contribution in [-0.4, -0.2) is 10.9 Å². The number of benzene rings is 1. The maximum absolute atomic E-state index is 11.5. The molecule has 0 unspecified atom stereocenters. The molecule has 0 aliphatic heterocycles. The first-order valence-electron chi connectivity index (χ1n) is 5.58. The van der Waals surface area contributed by atoms with E-state index in [0.29, 0.717) is 17.9 Å². The second kappa shape index (κ2) is 6.11. The van der Waals surface area contributed by atoms with Gasteiger partial charge >= 0.3 is 0 Å². The van der Waals surface area contributed by atoms with Crippen LogP contribution in [0.5, 0.6) is 5.75 Å². The van der Waals surface area contributed by atoms with Crippen LogP contribution in [0.15, 0.2) is 30.3 Å². The van der Waals surface area contributed by atoms with Gasteiger partial charge in [0.1, 0.15) is 5.75 Å². The summed E-state index contributed by atoms with van der Waals surface area (Å²) < 4.78 is 0. The zero-order valence-corrected chi connectivity index (χ0v) is 9.81. The van der Waals surface area contributed by atoms with E-state index in [2.05, 4.69) is 13.8 Å².